The molecule has 0 radical (unpaired) electrons. The maximum atomic E-state index is 12.8. The molecule has 0 saturated carbocycles. The molecule has 0 aliphatic heterocycles. The van der Waals surface area contributed by atoms with Gasteiger partial charge in [-0.2, -0.15) is 13.2 Å². The first kappa shape index (κ1) is 27.1. The van der Waals surface area contributed by atoms with Crippen LogP contribution in [0.25, 0.3) is 10.8 Å². The Kier molecular flexibility index (Phi) is 8.13. The first-order chi connectivity index (χ1) is 17.4. The summed E-state index contributed by atoms with van der Waals surface area (Å²) in [5, 5.41) is 11.8. The number of nitrogens with one attached hydrogen (secondary N) is 2. The molecule has 0 aliphatic rings. The molecule has 1 amide bonds. The number of halogens is 3. The van der Waals surface area contributed by atoms with E-state index in [0.29, 0.717) is 11.3 Å². The fourth-order valence-electron chi connectivity index (χ4n) is 3.18. The third-order valence-electron chi connectivity index (χ3n) is 4.96. The van der Waals surface area contributed by atoms with Crippen LogP contribution in [0.5, 0.6) is 0 Å². The Hall–Kier alpha value is -4.45. The zero-order chi connectivity index (χ0) is 27.2. The van der Waals surface area contributed by atoms with Gasteiger partial charge in [0.2, 0.25) is 0 Å². The topological polar surface area (TPSA) is 125 Å². The molecule has 4 aromatic rings. The highest BCUT2D eigenvalue weighted by Crippen LogP contribution is 2.24. The van der Waals surface area contributed by atoms with Crippen molar-refractivity contribution < 1.29 is 36.3 Å². The summed E-state index contributed by atoms with van der Waals surface area (Å²) < 4.78 is 59.1. The van der Waals surface area contributed by atoms with E-state index in [9.17, 15) is 26.4 Å². The van der Waals surface area contributed by atoms with Gasteiger partial charge in [-0.1, -0.05) is 36.4 Å². The monoisotopic (exact) mass is 531 g/mol. The minimum Gasteiger partial charge on any atom is -0.475 e. The summed E-state index contributed by atoms with van der Waals surface area (Å²) in [5.74, 6) is -2.78. The number of rotatable bonds is 5. The zero-order valence-corrected chi connectivity index (χ0v) is 20.0. The molecule has 0 unspecified atom stereocenters. The fraction of sp³-hybridized carbons (Fsp3) is 0.0800. The Morgan fingerprint density at radius 3 is 2.03 bits per heavy atom. The molecule has 3 N–H and O–H groups in total. The molecule has 0 bridgehead atoms. The molecule has 0 fully saturated rings. The number of nitrogens with zero attached hydrogens (tertiary/aromatic N) is 1. The standard InChI is InChI=1S/C23H19N3O3S.C2HF3O2/c1-16-9-14-21(20-7-3-2-6-19(16)20)23(27)25-17-10-12-18(13-11-17)30(28,29)26-22-8-4-5-15-24-22;3-2(4,5)1(6)7/h2-15H,1H3,(H,24,26)(H,25,27);(H,6,7). The van der Waals surface area contributed by atoms with Gasteiger partial charge in [-0.25, -0.2) is 18.2 Å². The van der Waals surface area contributed by atoms with E-state index in [-0.39, 0.29) is 16.6 Å². The number of aliphatic carboxylic acids is 1. The highest BCUT2D eigenvalue weighted by molar-refractivity contribution is 7.92. The van der Waals surface area contributed by atoms with E-state index in [1.165, 1.54) is 18.3 Å². The van der Waals surface area contributed by atoms with Gasteiger partial charge in [-0.05, 0) is 65.7 Å². The Morgan fingerprint density at radius 2 is 1.46 bits per heavy atom. The van der Waals surface area contributed by atoms with Crippen molar-refractivity contribution in [3.63, 3.8) is 0 Å². The highest BCUT2D eigenvalue weighted by atomic mass is 32.2. The van der Waals surface area contributed by atoms with Crippen molar-refractivity contribution in [2.24, 2.45) is 0 Å². The number of sulfonamides is 1. The average molecular weight is 532 g/mol. The predicted molar refractivity (Wildman–Crippen MR) is 132 cm³/mol. The lowest BCUT2D eigenvalue weighted by atomic mass is 10.00. The molecular formula is C25H20F3N3O5S. The summed E-state index contributed by atoms with van der Waals surface area (Å²) in [7, 11) is -3.77. The number of carboxylic acid groups (broad SMARTS) is 1. The van der Waals surface area contributed by atoms with E-state index < -0.39 is 22.2 Å². The number of hydrogen-bond donors (Lipinski definition) is 3. The van der Waals surface area contributed by atoms with Crippen LogP contribution < -0.4 is 10.0 Å². The first-order valence-corrected chi connectivity index (χ1v) is 12.0. The third-order valence-corrected chi connectivity index (χ3v) is 6.33. The maximum Gasteiger partial charge on any atom is 0.490 e. The zero-order valence-electron chi connectivity index (χ0n) is 19.2. The van der Waals surface area contributed by atoms with Crippen molar-refractivity contribution in [2.75, 3.05) is 10.0 Å². The third kappa shape index (κ3) is 7.04. The highest BCUT2D eigenvalue weighted by Gasteiger charge is 2.38. The summed E-state index contributed by atoms with van der Waals surface area (Å²) in [6.45, 7) is 2.00. The first-order valence-electron chi connectivity index (χ1n) is 10.5. The van der Waals surface area contributed by atoms with Gasteiger partial charge < -0.3 is 10.4 Å². The molecule has 0 saturated heterocycles. The number of pyridine rings is 1. The molecule has 37 heavy (non-hydrogen) atoms. The van der Waals surface area contributed by atoms with E-state index >= 15 is 0 Å². The molecule has 0 aliphatic carbocycles. The van der Waals surface area contributed by atoms with Gasteiger partial charge >= 0.3 is 12.1 Å². The number of benzene rings is 3. The van der Waals surface area contributed by atoms with Crippen LogP contribution in [0.1, 0.15) is 15.9 Å². The lowest BCUT2D eigenvalue weighted by Gasteiger charge is -2.11. The number of aryl methyl sites for hydroxylation is 1. The minimum atomic E-state index is -5.08. The van der Waals surface area contributed by atoms with Gasteiger partial charge in [0.1, 0.15) is 5.82 Å². The van der Waals surface area contributed by atoms with Crippen molar-refractivity contribution in [2.45, 2.75) is 18.0 Å². The molecule has 0 atom stereocenters. The van der Waals surface area contributed by atoms with Crippen LogP contribution in [0.15, 0.2) is 90.0 Å². The number of fused-ring (bicyclic) bond motifs is 1. The SMILES string of the molecule is Cc1ccc(C(=O)Nc2ccc(S(=O)(=O)Nc3ccccn3)cc2)c2ccccc12.O=C(O)C(F)(F)F. The number of alkyl halides is 3. The summed E-state index contributed by atoms with van der Waals surface area (Å²) in [5.41, 5.74) is 2.16. The van der Waals surface area contributed by atoms with Gasteiger partial charge in [0.15, 0.2) is 0 Å². The van der Waals surface area contributed by atoms with Crippen LogP contribution in [0.2, 0.25) is 0 Å². The second-order valence-corrected chi connectivity index (χ2v) is 9.26. The Bertz CT molecular complexity index is 1530. The largest absolute Gasteiger partial charge is 0.490 e. The Morgan fingerprint density at radius 1 is 0.865 bits per heavy atom. The lowest BCUT2D eigenvalue weighted by molar-refractivity contribution is -0.192. The lowest BCUT2D eigenvalue weighted by Crippen LogP contribution is -2.21. The van der Waals surface area contributed by atoms with E-state index in [0.717, 1.165) is 16.3 Å². The van der Waals surface area contributed by atoms with E-state index in [2.05, 4.69) is 15.0 Å². The van der Waals surface area contributed by atoms with Crippen LogP contribution in [-0.4, -0.2) is 36.6 Å². The molecule has 1 heterocycles. The van der Waals surface area contributed by atoms with Crippen molar-refractivity contribution in [3.05, 3.63) is 96.2 Å². The molecular weight excluding hydrogens is 511 g/mol. The van der Waals surface area contributed by atoms with E-state index in [1.807, 2.05) is 37.3 Å². The molecule has 8 nitrogen and oxygen atoms in total. The number of carbonyl (C=O) groups excluding carboxylic acids is 1. The second kappa shape index (κ2) is 11.1. The van der Waals surface area contributed by atoms with Crippen molar-refractivity contribution in [1.82, 2.24) is 4.98 Å². The van der Waals surface area contributed by atoms with E-state index in [4.69, 9.17) is 9.90 Å². The van der Waals surface area contributed by atoms with Gasteiger partial charge in [-0.3, -0.25) is 9.52 Å². The second-order valence-electron chi connectivity index (χ2n) is 7.58. The smallest absolute Gasteiger partial charge is 0.475 e. The van der Waals surface area contributed by atoms with Crippen molar-refractivity contribution >= 4 is 44.2 Å². The van der Waals surface area contributed by atoms with Crippen LogP contribution in [0.4, 0.5) is 24.7 Å². The average Bonchev–Trinajstić information content (AvgIpc) is 2.85. The normalized spacial score (nSPS) is 11.2. The maximum absolute atomic E-state index is 12.8. The summed E-state index contributed by atoms with van der Waals surface area (Å²) in [6.07, 6.45) is -3.58. The van der Waals surface area contributed by atoms with Gasteiger partial charge in [0.25, 0.3) is 15.9 Å². The summed E-state index contributed by atoms with van der Waals surface area (Å²) in [6, 6.07) is 22.4. The number of carboxylic acids is 1. The summed E-state index contributed by atoms with van der Waals surface area (Å²) >= 11 is 0. The fourth-order valence-corrected chi connectivity index (χ4v) is 4.19. The number of aromatic nitrogens is 1. The number of anilines is 2. The minimum absolute atomic E-state index is 0.0759. The predicted octanol–water partition coefficient (Wildman–Crippen LogP) is 5.23. The van der Waals surface area contributed by atoms with Gasteiger partial charge in [-0.15, -0.1) is 0 Å². The molecule has 3 aromatic carbocycles. The molecule has 0 spiro atoms. The van der Waals surface area contributed by atoms with Gasteiger partial charge in [0, 0.05) is 17.4 Å². The molecule has 4 rings (SSSR count). The van der Waals surface area contributed by atoms with Crippen LogP contribution >= 0.6 is 0 Å². The molecule has 1 aromatic heterocycles. The van der Waals surface area contributed by atoms with Crippen molar-refractivity contribution in [1.29, 1.82) is 0 Å². The Labute approximate surface area is 209 Å². The molecule has 12 heteroatoms. The number of carbonyl (C=O) groups is 2. The number of amides is 1. The van der Waals surface area contributed by atoms with Crippen LogP contribution in [0.3, 0.4) is 0 Å². The Balaban J connectivity index is 0.000000479. The van der Waals surface area contributed by atoms with Crippen LogP contribution in [0, 0.1) is 6.92 Å². The van der Waals surface area contributed by atoms with Crippen molar-refractivity contribution in [3.8, 4) is 0 Å². The quantitative estimate of drug-likeness (QED) is 0.324. The molecule has 192 valence electrons. The van der Waals surface area contributed by atoms with Gasteiger partial charge in [0.05, 0.1) is 4.90 Å². The van der Waals surface area contributed by atoms with E-state index in [1.54, 1.807) is 36.4 Å². The number of hydrogen-bond acceptors (Lipinski definition) is 5. The van der Waals surface area contributed by atoms with Crippen LogP contribution in [-0.2, 0) is 14.8 Å². The summed E-state index contributed by atoms with van der Waals surface area (Å²) in [4.78, 5) is 25.7.